The van der Waals surface area contributed by atoms with Crippen molar-refractivity contribution < 1.29 is 13.2 Å². The van der Waals surface area contributed by atoms with Crippen LogP contribution in [0.4, 0.5) is 5.69 Å². The van der Waals surface area contributed by atoms with Crippen LogP contribution in [0.25, 0.3) is 11.0 Å². The molecule has 1 fully saturated rings. The van der Waals surface area contributed by atoms with Crippen LogP contribution in [-0.2, 0) is 27.1 Å². The predicted octanol–water partition coefficient (Wildman–Crippen LogP) is 3.71. The third-order valence-corrected chi connectivity index (χ3v) is 7.82. The van der Waals surface area contributed by atoms with Crippen LogP contribution < -0.4 is 5.32 Å². The lowest BCUT2D eigenvalue weighted by atomic mass is 10.2. The van der Waals surface area contributed by atoms with Crippen molar-refractivity contribution in [3.63, 3.8) is 0 Å². The average Bonchev–Trinajstić information content (AvgIpc) is 3.12. The van der Waals surface area contributed by atoms with Crippen molar-refractivity contribution in [3.8, 4) is 0 Å². The summed E-state index contributed by atoms with van der Waals surface area (Å²) < 4.78 is 29.3. The number of imidazole rings is 1. The summed E-state index contributed by atoms with van der Waals surface area (Å²) in [6.45, 7) is 1.20. The van der Waals surface area contributed by atoms with Gasteiger partial charge in [0.25, 0.3) is 0 Å². The van der Waals surface area contributed by atoms with E-state index < -0.39 is 10.0 Å². The molecule has 164 valence electrons. The van der Waals surface area contributed by atoms with Gasteiger partial charge in [-0.15, -0.1) is 0 Å². The Morgan fingerprint density at radius 1 is 1.10 bits per heavy atom. The maximum Gasteiger partial charge on any atom is 0.244 e. The van der Waals surface area contributed by atoms with Gasteiger partial charge in [-0.2, -0.15) is 16.1 Å². The first-order chi connectivity index (χ1) is 15.0. The molecule has 0 bridgehead atoms. The number of hydrogen-bond acceptors (Lipinski definition) is 5. The van der Waals surface area contributed by atoms with Crippen molar-refractivity contribution in [2.75, 3.05) is 24.7 Å². The second-order valence-corrected chi connectivity index (χ2v) is 10.4. The first-order valence-electron chi connectivity index (χ1n) is 10.3. The minimum Gasteiger partial charge on any atom is -0.324 e. The van der Waals surface area contributed by atoms with Crippen LogP contribution in [0.5, 0.6) is 0 Å². The molecule has 1 amide bonds. The molecule has 1 aliphatic rings. The third-order valence-electron chi connectivity index (χ3n) is 5.38. The van der Waals surface area contributed by atoms with Crippen LogP contribution >= 0.6 is 11.8 Å². The summed E-state index contributed by atoms with van der Waals surface area (Å²) >= 11 is 1.65. The lowest BCUT2D eigenvalue weighted by molar-refractivity contribution is -0.116. The first-order valence-corrected chi connectivity index (χ1v) is 13.2. The van der Waals surface area contributed by atoms with Gasteiger partial charge < -0.3 is 9.88 Å². The molecule has 0 radical (unpaired) electrons. The third kappa shape index (κ3) is 4.78. The number of fused-ring (bicyclic) bond motifs is 1. The number of carbonyl (C=O) groups is 1. The molecule has 1 N–H and O–H groups in total. The number of benzene rings is 2. The van der Waals surface area contributed by atoms with Crippen LogP contribution in [0.15, 0.2) is 53.4 Å². The minimum absolute atomic E-state index is 0.111. The zero-order valence-electron chi connectivity index (χ0n) is 17.5. The van der Waals surface area contributed by atoms with Gasteiger partial charge in [-0.3, -0.25) is 4.79 Å². The molecule has 0 atom stereocenters. The van der Waals surface area contributed by atoms with E-state index in [1.807, 2.05) is 35.1 Å². The van der Waals surface area contributed by atoms with Crippen LogP contribution in [0.2, 0.25) is 0 Å². The molecule has 1 saturated heterocycles. The number of anilines is 1. The smallest absolute Gasteiger partial charge is 0.244 e. The molecule has 0 spiro atoms. The van der Waals surface area contributed by atoms with Crippen molar-refractivity contribution in [2.45, 2.75) is 36.5 Å². The maximum atomic E-state index is 12.9. The van der Waals surface area contributed by atoms with Gasteiger partial charge >= 0.3 is 0 Å². The quantitative estimate of drug-likeness (QED) is 0.583. The van der Waals surface area contributed by atoms with Crippen molar-refractivity contribution in [1.82, 2.24) is 13.9 Å². The molecular weight excluding hydrogens is 432 g/mol. The number of rotatable bonds is 7. The van der Waals surface area contributed by atoms with E-state index in [2.05, 4.69) is 10.3 Å². The number of para-hydroxylation sites is 2. The van der Waals surface area contributed by atoms with E-state index >= 15 is 0 Å². The van der Waals surface area contributed by atoms with E-state index in [-0.39, 0.29) is 17.3 Å². The van der Waals surface area contributed by atoms with E-state index in [0.717, 1.165) is 36.1 Å². The normalized spacial score (nSPS) is 15.3. The number of nitrogens with zero attached hydrogens (tertiary/aromatic N) is 3. The average molecular weight is 459 g/mol. The highest BCUT2D eigenvalue weighted by Gasteiger charge is 2.26. The molecule has 0 aliphatic carbocycles. The van der Waals surface area contributed by atoms with E-state index in [0.29, 0.717) is 24.5 Å². The largest absolute Gasteiger partial charge is 0.324 e. The van der Waals surface area contributed by atoms with E-state index in [1.165, 1.54) is 10.4 Å². The van der Waals surface area contributed by atoms with Gasteiger partial charge in [0, 0.05) is 18.8 Å². The fourth-order valence-corrected chi connectivity index (χ4v) is 5.92. The number of sulfonamides is 1. The van der Waals surface area contributed by atoms with Crippen LogP contribution in [0.1, 0.15) is 25.1 Å². The molecular formula is C22H26N4O3S2. The Kier molecular flexibility index (Phi) is 6.64. The van der Waals surface area contributed by atoms with Gasteiger partial charge in [-0.1, -0.05) is 24.6 Å². The lowest BCUT2D eigenvalue weighted by Crippen LogP contribution is -2.35. The van der Waals surface area contributed by atoms with Gasteiger partial charge in [0.15, 0.2) is 0 Å². The highest BCUT2D eigenvalue weighted by Crippen LogP contribution is 2.23. The molecule has 0 unspecified atom stereocenters. The van der Waals surface area contributed by atoms with E-state index in [9.17, 15) is 13.2 Å². The second kappa shape index (κ2) is 9.42. The Hall–Kier alpha value is -2.36. The molecule has 2 heterocycles. The van der Waals surface area contributed by atoms with Crippen molar-refractivity contribution in [1.29, 1.82) is 0 Å². The highest BCUT2D eigenvalue weighted by atomic mass is 32.2. The Balaban J connectivity index is 1.53. The molecule has 7 nitrogen and oxygen atoms in total. The van der Waals surface area contributed by atoms with Crippen molar-refractivity contribution in [3.05, 3.63) is 54.4 Å². The standard InChI is InChI=1S/C22H26N4O3S2/c1-30-16-21-24-19-10-3-4-11-20(19)26(21)15-22(27)23-17-8-7-9-18(14-17)31(28,29)25-12-5-2-6-13-25/h3-4,7-11,14H,2,5-6,12-13,15-16H2,1H3,(H,23,27). The highest BCUT2D eigenvalue weighted by molar-refractivity contribution is 7.97. The molecule has 1 aliphatic heterocycles. The summed E-state index contributed by atoms with van der Waals surface area (Å²) in [6.07, 6.45) is 4.82. The van der Waals surface area contributed by atoms with Gasteiger partial charge in [-0.05, 0) is 49.4 Å². The van der Waals surface area contributed by atoms with E-state index in [4.69, 9.17) is 0 Å². The second-order valence-electron chi connectivity index (χ2n) is 7.58. The Labute approximate surface area is 186 Å². The van der Waals surface area contributed by atoms with Gasteiger partial charge in [0.2, 0.25) is 15.9 Å². The monoisotopic (exact) mass is 458 g/mol. The van der Waals surface area contributed by atoms with Gasteiger partial charge in [0.1, 0.15) is 12.4 Å². The van der Waals surface area contributed by atoms with E-state index in [1.54, 1.807) is 30.0 Å². The van der Waals surface area contributed by atoms with Crippen molar-refractivity contribution in [2.24, 2.45) is 0 Å². The number of hydrogen-bond donors (Lipinski definition) is 1. The Bertz CT molecular complexity index is 1180. The number of nitrogens with one attached hydrogen (secondary N) is 1. The summed E-state index contributed by atoms with van der Waals surface area (Å²) in [5.74, 6) is 1.31. The van der Waals surface area contributed by atoms with Crippen molar-refractivity contribution >= 4 is 44.4 Å². The van der Waals surface area contributed by atoms with Crippen LogP contribution in [0, 0.1) is 0 Å². The molecule has 0 saturated carbocycles. The number of thioether (sulfide) groups is 1. The number of piperidine rings is 1. The number of amides is 1. The molecule has 31 heavy (non-hydrogen) atoms. The SMILES string of the molecule is CSCc1nc2ccccc2n1CC(=O)Nc1cccc(S(=O)(=O)N2CCCCC2)c1. The van der Waals surface area contributed by atoms with Crippen LogP contribution in [0.3, 0.4) is 0 Å². The number of aromatic nitrogens is 2. The summed E-state index contributed by atoms with van der Waals surface area (Å²) in [4.78, 5) is 17.7. The minimum atomic E-state index is -3.55. The maximum absolute atomic E-state index is 12.9. The predicted molar refractivity (Wildman–Crippen MR) is 125 cm³/mol. The summed E-state index contributed by atoms with van der Waals surface area (Å²) in [5.41, 5.74) is 2.23. The Morgan fingerprint density at radius 2 is 1.87 bits per heavy atom. The molecule has 3 aromatic rings. The number of carbonyl (C=O) groups excluding carboxylic acids is 1. The van der Waals surface area contributed by atoms with Gasteiger partial charge in [0.05, 0.1) is 21.7 Å². The lowest BCUT2D eigenvalue weighted by Gasteiger charge is -2.26. The summed E-state index contributed by atoms with van der Waals surface area (Å²) in [5, 5.41) is 2.85. The molecule has 1 aromatic heterocycles. The molecule has 2 aromatic carbocycles. The zero-order valence-corrected chi connectivity index (χ0v) is 19.1. The zero-order chi connectivity index (χ0) is 21.8. The molecule has 9 heteroatoms. The summed E-state index contributed by atoms with van der Waals surface area (Å²) in [6, 6.07) is 14.2. The van der Waals surface area contributed by atoms with Gasteiger partial charge in [-0.25, -0.2) is 13.4 Å². The Morgan fingerprint density at radius 3 is 2.65 bits per heavy atom. The fourth-order valence-electron chi connectivity index (χ4n) is 3.87. The fraction of sp³-hybridized carbons (Fsp3) is 0.364. The summed E-state index contributed by atoms with van der Waals surface area (Å²) in [7, 11) is -3.55. The first kappa shape index (κ1) is 21.9. The topological polar surface area (TPSA) is 84.3 Å². The van der Waals surface area contributed by atoms with Crippen LogP contribution in [-0.4, -0.2) is 47.5 Å². The molecule has 4 rings (SSSR count).